The molecule has 7 nitrogen and oxygen atoms in total. The van der Waals surface area contributed by atoms with Gasteiger partial charge in [0.1, 0.15) is 11.7 Å². The average molecular weight is 434 g/mol. The lowest BCUT2D eigenvalue weighted by Crippen LogP contribution is -2.46. The van der Waals surface area contributed by atoms with Gasteiger partial charge in [-0.25, -0.2) is 0 Å². The molecule has 1 fully saturated rings. The maximum Gasteiger partial charge on any atom is 0.124 e. The van der Waals surface area contributed by atoms with E-state index < -0.39 is 0 Å². The number of fused-ring (bicyclic) bond motifs is 1. The molecule has 2 aliphatic rings. The number of likely N-dealkylation sites (N-methyl/N-ethyl adjacent to an activating group) is 1. The van der Waals surface area contributed by atoms with Crippen molar-refractivity contribution in [2.45, 2.75) is 25.9 Å². The fourth-order valence-corrected chi connectivity index (χ4v) is 4.66. The van der Waals surface area contributed by atoms with Crippen molar-refractivity contribution < 1.29 is 0 Å². The molecule has 32 heavy (non-hydrogen) atoms. The van der Waals surface area contributed by atoms with Crippen molar-refractivity contribution in [3.05, 3.63) is 65.8 Å². The highest BCUT2D eigenvalue weighted by Gasteiger charge is 2.25. The Hall–Kier alpha value is -3.19. The number of nitrogens with two attached hydrogens (primary N) is 2. The molecule has 4 rings (SSSR count). The summed E-state index contributed by atoms with van der Waals surface area (Å²) in [6.07, 6.45) is 4.83. The molecule has 0 radical (unpaired) electrons. The van der Waals surface area contributed by atoms with Gasteiger partial charge < -0.3 is 30.7 Å². The Labute approximate surface area is 191 Å². The first kappa shape index (κ1) is 22.0. The van der Waals surface area contributed by atoms with Crippen molar-refractivity contribution in [1.82, 2.24) is 19.3 Å². The summed E-state index contributed by atoms with van der Waals surface area (Å²) in [6, 6.07) is 8.97. The van der Waals surface area contributed by atoms with Crippen LogP contribution in [0.2, 0.25) is 0 Å². The Morgan fingerprint density at radius 3 is 2.44 bits per heavy atom. The molecule has 170 valence electrons. The van der Waals surface area contributed by atoms with Crippen molar-refractivity contribution in [2.75, 3.05) is 33.2 Å². The van der Waals surface area contributed by atoms with Gasteiger partial charge in [-0.15, -0.1) is 0 Å². The molecule has 7 heteroatoms. The Morgan fingerprint density at radius 1 is 1.06 bits per heavy atom. The number of hydrogen-bond donors (Lipinski definition) is 3. The van der Waals surface area contributed by atoms with Crippen LogP contribution in [-0.4, -0.2) is 64.4 Å². The van der Waals surface area contributed by atoms with Crippen molar-refractivity contribution in [3.8, 4) is 11.1 Å². The van der Waals surface area contributed by atoms with E-state index in [9.17, 15) is 0 Å². The number of hydrogen-bond acceptors (Lipinski definition) is 5. The largest absolute Gasteiger partial charge is 0.398 e. The van der Waals surface area contributed by atoms with E-state index in [0.29, 0.717) is 23.9 Å². The Bertz CT molecular complexity index is 1060. The van der Waals surface area contributed by atoms with Gasteiger partial charge in [0.2, 0.25) is 0 Å². The highest BCUT2D eigenvalue weighted by atomic mass is 15.3. The molecule has 5 N–H and O–H groups in total. The molecule has 2 aromatic rings. The summed E-state index contributed by atoms with van der Waals surface area (Å²) in [5, 5.41) is 8.75. The maximum atomic E-state index is 8.75. The van der Waals surface area contributed by atoms with Gasteiger partial charge in [-0.3, -0.25) is 5.41 Å². The molecule has 0 aliphatic carbocycles. The van der Waals surface area contributed by atoms with Gasteiger partial charge >= 0.3 is 0 Å². The first-order chi connectivity index (χ1) is 15.2. The van der Waals surface area contributed by atoms with Crippen molar-refractivity contribution >= 4 is 11.5 Å². The van der Waals surface area contributed by atoms with Crippen LogP contribution in [0.3, 0.4) is 0 Å². The summed E-state index contributed by atoms with van der Waals surface area (Å²) in [5.41, 5.74) is 18.7. The third-order valence-corrected chi connectivity index (χ3v) is 6.72. The Morgan fingerprint density at radius 2 is 1.78 bits per heavy atom. The average Bonchev–Trinajstić information content (AvgIpc) is 3.15. The topological polar surface area (TPSA) is 90.5 Å². The maximum absolute atomic E-state index is 8.75. The first-order valence-electron chi connectivity index (χ1n) is 11.2. The SMILES string of the molecule is C=C(N)c1cc(-c2ccc3c(c2)CN(C(=N)/C=C(\N)N2CCN(C)CC2)C(C)C3)cn1C. The van der Waals surface area contributed by atoms with E-state index in [1.807, 2.05) is 17.7 Å². The number of nitrogens with zero attached hydrogens (tertiary/aromatic N) is 4. The normalized spacial score (nSPS) is 19.7. The van der Waals surface area contributed by atoms with Crippen LogP contribution >= 0.6 is 0 Å². The molecular weight excluding hydrogens is 398 g/mol. The molecule has 3 heterocycles. The fourth-order valence-electron chi connectivity index (χ4n) is 4.66. The fraction of sp³-hybridized carbons (Fsp3) is 0.400. The Kier molecular flexibility index (Phi) is 6.02. The number of amidine groups is 1. The van der Waals surface area contributed by atoms with Crippen LogP contribution in [0.4, 0.5) is 0 Å². The third-order valence-electron chi connectivity index (χ3n) is 6.72. The summed E-state index contributed by atoms with van der Waals surface area (Å²) in [6.45, 7) is 10.6. The molecule has 2 aliphatic heterocycles. The molecule has 1 saturated heterocycles. The molecule has 1 aromatic heterocycles. The zero-order valence-electron chi connectivity index (χ0n) is 19.4. The van der Waals surface area contributed by atoms with Crippen LogP contribution in [-0.2, 0) is 20.0 Å². The molecule has 0 bridgehead atoms. The summed E-state index contributed by atoms with van der Waals surface area (Å²) in [4.78, 5) is 6.62. The van der Waals surface area contributed by atoms with Crippen LogP contribution in [0.1, 0.15) is 23.7 Å². The molecule has 0 saturated carbocycles. The van der Waals surface area contributed by atoms with Crippen LogP contribution in [0.15, 0.2) is 48.9 Å². The van der Waals surface area contributed by atoms with Crippen molar-refractivity contribution in [1.29, 1.82) is 5.41 Å². The number of aryl methyl sites for hydroxylation is 1. The highest BCUT2D eigenvalue weighted by molar-refractivity contribution is 5.91. The molecular formula is C25H35N7. The van der Waals surface area contributed by atoms with Crippen molar-refractivity contribution in [2.24, 2.45) is 18.5 Å². The smallest absolute Gasteiger partial charge is 0.124 e. The van der Waals surface area contributed by atoms with Gasteiger partial charge in [-0.2, -0.15) is 0 Å². The van der Waals surface area contributed by atoms with Crippen molar-refractivity contribution in [3.63, 3.8) is 0 Å². The summed E-state index contributed by atoms with van der Waals surface area (Å²) >= 11 is 0. The van der Waals surface area contributed by atoms with E-state index in [4.69, 9.17) is 16.9 Å². The van der Waals surface area contributed by atoms with Gasteiger partial charge in [0.05, 0.1) is 5.69 Å². The molecule has 0 amide bonds. The van der Waals surface area contributed by atoms with E-state index in [0.717, 1.165) is 49.4 Å². The highest BCUT2D eigenvalue weighted by Crippen LogP contribution is 2.30. The molecule has 0 spiro atoms. The van der Waals surface area contributed by atoms with Crippen LogP contribution in [0, 0.1) is 5.41 Å². The van der Waals surface area contributed by atoms with Gasteiger partial charge in [0.15, 0.2) is 0 Å². The number of piperazine rings is 1. The summed E-state index contributed by atoms with van der Waals surface area (Å²) < 4.78 is 2.01. The summed E-state index contributed by atoms with van der Waals surface area (Å²) in [5.74, 6) is 1.17. The standard InChI is InChI=1S/C25H35N7/c1-17-11-19-5-6-20(22-13-23(18(2)26)30(4)15-22)12-21(19)16-32(17)25(28)14-24(27)31-9-7-29(3)8-10-31/h5-6,12-15,17,28H,2,7-11,16,26-27H2,1,3-4H3/b24-14+,28-25?. The second-order valence-electron chi connectivity index (χ2n) is 9.16. The lowest BCUT2D eigenvalue weighted by atomic mass is 9.92. The van der Waals surface area contributed by atoms with Gasteiger partial charge in [0.25, 0.3) is 0 Å². The minimum Gasteiger partial charge on any atom is -0.398 e. The van der Waals surface area contributed by atoms with E-state index in [-0.39, 0.29) is 6.04 Å². The first-order valence-corrected chi connectivity index (χ1v) is 11.2. The quantitative estimate of drug-likeness (QED) is 0.509. The third kappa shape index (κ3) is 4.39. The van der Waals surface area contributed by atoms with Crippen LogP contribution in [0.25, 0.3) is 16.8 Å². The minimum atomic E-state index is 0.251. The van der Waals surface area contributed by atoms with Gasteiger partial charge in [0, 0.05) is 69.3 Å². The Balaban J connectivity index is 1.53. The van der Waals surface area contributed by atoms with Gasteiger partial charge in [-0.1, -0.05) is 18.7 Å². The molecule has 1 unspecified atom stereocenters. The predicted octanol–water partition coefficient (Wildman–Crippen LogP) is 2.39. The number of rotatable bonds is 4. The van der Waals surface area contributed by atoms with E-state index in [1.165, 1.54) is 11.1 Å². The van der Waals surface area contributed by atoms with E-state index >= 15 is 0 Å². The number of benzene rings is 1. The summed E-state index contributed by atoms with van der Waals surface area (Å²) in [7, 11) is 4.11. The second kappa shape index (κ2) is 8.74. The van der Waals surface area contributed by atoms with Crippen LogP contribution < -0.4 is 11.5 Å². The van der Waals surface area contributed by atoms with E-state index in [1.54, 1.807) is 0 Å². The number of aromatic nitrogens is 1. The van der Waals surface area contributed by atoms with Crippen LogP contribution in [0.5, 0.6) is 0 Å². The molecule has 1 atom stereocenters. The van der Waals surface area contributed by atoms with Gasteiger partial charge in [-0.05, 0) is 49.2 Å². The lowest BCUT2D eigenvalue weighted by Gasteiger charge is -2.37. The van der Waals surface area contributed by atoms with E-state index in [2.05, 4.69) is 65.7 Å². The zero-order valence-corrected chi connectivity index (χ0v) is 19.4. The monoisotopic (exact) mass is 433 g/mol. The minimum absolute atomic E-state index is 0.251. The number of nitrogens with one attached hydrogen (secondary N) is 1. The molecule has 1 aromatic carbocycles. The zero-order chi connectivity index (χ0) is 23.0. The second-order valence-corrected chi connectivity index (χ2v) is 9.16. The lowest BCUT2D eigenvalue weighted by molar-refractivity contribution is 0.185. The predicted molar refractivity (Wildman–Crippen MR) is 132 cm³/mol.